The summed E-state index contributed by atoms with van der Waals surface area (Å²) in [6.45, 7) is 0. The molecule has 1 saturated carbocycles. The van der Waals surface area contributed by atoms with Crippen LogP contribution in [-0.4, -0.2) is 39.7 Å². The molecule has 3 atom stereocenters. The molecule has 2 rings (SSSR count). The fourth-order valence-electron chi connectivity index (χ4n) is 2.24. The van der Waals surface area contributed by atoms with Crippen LogP contribution >= 0.6 is 0 Å². The number of hydrogen-bond donors (Lipinski definition) is 4. The van der Waals surface area contributed by atoms with Crippen LogP contribution in [0.3, 0.4) is 0 Å². The lowest BCUT2D eigenvalue weighted by Crippen LogP contribution is -2.50. The number of aliphatic hydroxyl groups excluding tert-OH is 2. The first kappa shape index (κ1) is 13.8. The van der Waals surface area contributed by atoms with Crippen molar-refractivity contribution in [3.63, 3.8) is 0 Å². The highest BCUT2D eigenvalue weighted by molar-refractivity contribution is 5.65. The molecule has 104 valence electrons. The molecule has 0 aromatic heterocycles. The van der Waals surface area contributed by atoms with Crippen LogP contribution in [0.2, 0.25) is 0 Å². The number of benzene rings is 1. The van der Waals surface area contributed by atoms with Crippen molar-refractivity contribution in [2.75, 3.05) is 0 Å². The normalized spacial score (nSPS) is 19.5. The van der Waals surface area contributed by atoms with Crippen LogP contribution in [0.4, 0.5) is 4.79 Å². The smallest absolute Gasteiger partial charge is 0.404 e. The molecule has 0 saturated heterocycles. The lowest BCUT2D eigenvalue weighted by Gasteiger charge is -2.27. The molecule has 0 unspecified atom stereocenters. The van der Waals surface area contributed by atoms with E-state index in [1.165, 1.54) is 0 Å². The molecule has 0 heterocycles. The van der Waals surface area contributed by atoms with Gasteiger partial charge in [-0.1, -0.05) is 30.3 Å². The van der Waals surface area contributed by atoms with Crippen LogP contribution in [0, 0.1) is 5.92 Å². The average Bonchev–Trinajstić information content (AvgIpc) is 3.21. The first-order valence-corrected chi connectivity index (χ1v) is 6.47. The summed E-state index contributed by atoms with van der Waals surface area (Å²) in [4.78, 5) is 10.8. The molecular formula is C14H19NO4. The van der Waals surface area contributed by atoms with E-state index in [9.17, 15) is 15.0 Å². The molecule has 1 aromatic carbocycles. The maximum Gasteiger partial charge on any atom is 0.404 e. The van der Waals surface area contributed by atoms with Crippen LogP contribution in [0.25, 0.3) is 0 Å². The molecule has 1 amide bonds. The average molecular weight is 265 g/mol. The van der Waals surface area contributed by atoms with Gasteiger partial charge in [-0.15, -0.1) is 0 Å². The van der Waals surface area contributed by atoms with E-state index in [4.69, 9.17) is 5.11 Å². The van der Waals surface area contributed by atoms with Crippen molar-refractivity contribution in [1.29, 1.82) is 0 Å². The van der Waals surface area contributed by atoms with E-state index in [0.29, 0.717) is 6.42 Å². The molecule has 1 fully saturated rings. The minimum atomic E-state index is -1.19. The Morgan fingerprint density at radius 1 is 1.26 bits per heavy atom. The predicted molar refractivity (Wildman–Crippen MR) is 69.8 cm³/mol. The molecule has 1 aliphatic carbocycles. The highest BCUT2D eigenvalue weighted by Gasteiger charge is 2.38. The molecule has 1 aliphatic rings. The highest BCUT2D eigenvalue weighted by Crippen LogP contribution is 2.34. The summed E-state index contributed by atoms with van der Waals surface area (Å²) in [5.74, 6) is 0.101. The minimum Gasteiger partial charge on any atom is -0.465 e. The summed E-state index contributed by atoms with van der Waals surface area (Å²) in [5, 5.41) is 31.2. The Kier molecular flexibility index (Phi) is 4.39. The van der Waals surface area contributed by atoms with Gasteiger partial charge in [-0.25, -0.2) is 4.79 Å². The molecule has 0 aliphatic heterocycles. The Labute approximate surface area is 111 Å². The Bertz CT molecular complexity index is 419. The topological polar surface area (TPSA) is 89.8 Å². The van der Waals surface area contributed by atoms with Crippen LogP contribution in [0.5, 0.6) is 0 Å². The van der Waals surface area contributed by atoms with Crippen molar-refractivity contribution < 1.29 is 20.1 Å². The molecule has 0 bridgehead atoms. The standard InChI is InChI=1S/C14H19NO4/c16-12(10-6-7-10)13(17)11(15-14(18)19)8-9-4-2-1-3-5-9/h1-5,10-13,15-17H,6-8H2,(H,18,19)/t11-,12-,13+/m0/s1. The molecule has 5 heteroatoms. The van der Waals surface area contributed by atoms with Gasteiger partial charge in [0, 0.05) is 0 Å². The van der Waals surface area contributed by atoms with E-state index in [0.717, 1.165) is 18.4 Å². The largest absolute Gasteiger partial charge is 0.465 e. The maximum atomic E-state index is 10.8. The molecule has 5 nitrogen and oxygen atoms in total. The van der Waals surface area contributed by atoms with Gasteiger partial charge >= 0.3 is 6.09 Å². The second-order valence-corrected chi connectivity index (χ2v) is 5.06. The van der Waals surface area contributed by atoms with Gasteiger partial charge in [0.15, 0.2) is 0 Å². The Balaban J connectivity index is 2.04. The van der Waals surface area contributed by atoms with Gasteiger partial charge in [0.2, 0.25) is 0 Å². The molecule has 19 heavy (non-hydrogen) atoms. The predicted octanol–water partition coefficient (Wildman–Crippen LogP) is 0.997. The third-order valence-corrected chi connectivity index (χ3v) is 3.47. The van der Waals surface area contributed by atoms with E-state index in [-0.39, 0.29) is 5.92 Å². The first-order chi connectivity index (χ1) is 9.08. The fraction of sp³-hybridized carbons (Fsp3) is 0.500. The van der Waals surface area contributed by atoms with Gasteiger partial charge in [-0.3, -0.25) is 0 Å². The minimum absolute atomic E-state index is 0.101. The van der Waals surface area contributed by atoms with Crippen LogP contribution in [-0.2, 0) is 6.42 Å². The zero-order valence-electron chi connectivity index (χ0n) is 10.6. The summed E-state index contributed by atoms with van der Waals surface area (Å²) < 4.78 is 0. The summed E-state index contributed by atoms with van der Waals surface area (Å²) in [7, 11) is 0. The summed E-state index contributed by atoms with van der Waals surface area (Å²) in [6.07, 6.45) is -0.988. The van der Waals surface area contributed by atoms with Crippen molar-refractivity contribution in [2.24, 2.45) is 5.92 Å². The second kappa shape index (κ2) is 6.04. The number of carboxylic acid groups (broad SMARTS) is 1. The van der Waals surface area contributed by atoms with Crippen molar-refractivity contribution in [1.82, 2.24) is 5.32 Å². The third-order valence-electron chi connectivity index (χ3n) is 3.47. The third kappa shape index (κ3) is 3.94. The molecule has 0 radical (unpaired) electrons. The van der Waals surface area contributed by atoms with Gasteiger partial charge in [0.1, 0.15) is 6.10 Å². The summed E-state index contributed by atoms with van der Waals surface area (Å²) in [6, 6.07) is 8.63. The number of amides is 1. The molecular weight excluding hydrogens is 246 g/mol. The lowest BCUT2D eigenvalue weighted by molar-refractivity contribution is -0.0146. The van der Waals surface area contributed by atoms with Crippen molar-refractivity contribution >= 4 is 6.09 Å². The van der Waals surface area contributed by atoms with Crippen molar-refractivity contribution in [3.8, 4) is 0 Å². The SMILES string of the molecule is O=C(O)N[C@@H](Cc1ccccc1)[C@@H](O)[C@@H](O)C1CC1. The monoisotopic (exact) mass is 265 g/mol. The molecule has 0 spiro atoms. The quantitative estimate of drug-likeness (QED) is 0.617. The Morgan fingerprint density at radius 3 is 2.42 bits per heavy atom. The van der Waals surface area contributed by atoms with Gasteiger partial charge in [0.05, 0.1) is 12.1 Å². The van der Waals surface area contributed by atoms with Gasteiger partial charge < -0.3 is 20.6 Å². The van der Waals surface area contributed by atoms with Gasteiger partial charge in [-0.2, -0.15) is 0 Å². The highest BCUT2D eigenvalue weighted by atomic mass is 16.4. The second-order valence-electron chi connectivity index (χ2n) is 5.06. The van der Waals surface area contributed by atoms with Crippen LogP contribution in [0.15, 0.2) is 30.3 Å². The van der Waals surface area contributed by atoms with E-state index in [1.54, 1.807) is 0 Å². The number of aliphatic hydroxyl groups is 2. The Hall–Kier alpha value is -1.59. The number of carbonyl (C=O) groups is 1. The first-order valence-electron chi connectivity index (χ1n) is 6.47. The van der Waals surface area contributed by atoms with Gasteiger partial charge in [0.25, 0.3) is 0 Å². The molecule has 1 aromatic rings. The van der Waals surface area contributed by atoms with E-state index >= 15 is 0 Å². The van der Waals surface area contributed by atoms with Crippen molar-refractivity contribution in [3.05, 3.63) is 35.9 Å². The Morgan fingerprint density at radius 2 is 1.89 bits per heavy atom. The number of nitrogens with one attached hydrogen (secondary N) is 1. The van der Waals surface area contributed by atoms with E-state index in [1.807, 2.05) is 30.3 Å². The molecule has 4 N–H and O–H groups in total. The number of hydrogen-bond acceptors (Lipinski definition) is 3. The van der Waals surface area contributed by atoms with E-state index in [2.05, 4.69) is 5.32 Å². The van der Waals surface area contributed by atoms with E-state index < -0.39 is 24.3 Å². The maximum absolute atomic E-state index is 10.8. The van der Waals surface area contributed by atoms with Crippen molar-refractivity contribution in [2.45, 2.75) is 37.5 Å². The summed E-state index contributed by atoms with van der Waals surface area (Å²) in [5.41, 5.74) is 0.920. The summed E-state index contributed by atoms with van der Waals surface area (Å²) >= 11 is 0. The zero-order valence-corrected chi connectivity index (χ0v) is 10.6. The number of rotatable bonds is 6. The lowest BCUT2D eigenvalue weighted by atomic mass is 9.96. The zero-order chi connectivity index (χ0) is 13.8. The van der Waals surface area contributed by atoms with Crippen LogP contribution < -0.4 is 5.32 Å². The van der Waals surface area contributed by atoms with Crippen LogP contribution in [0.1, 0.15) is 18.4 Å². The van der Waals surface area contributed by atoms with Gasteiger partial charge in [-0.05, 0) is 30.7 Å². The fourth-order valence-corrected chi connectivity index (χ4v) is 2.24.